The number of aromatic nitrogens is 2. The van der Waals surface area contributed by atoms with Crippen LogP contribution in [0.4, 0.5) is 5.69 Å². The van der Waals surface area contributed by atoms with E-state index in [9.17, 15) is 9.59 Å². The predicted molar refractivity (Wildman–Crippen MR) is 117 cm³/mol. The number of aryl methyl sites for hydroxylation is 2. The molecule has 0 radical (unpaired) electrons. The van der Waals surface area contributed by atoms with Gasteiger partial charge in [-0.3, -0.25) is 14.2 Å². The molecule has 1 aliphatic rings. The molecule has 2 heterocycles. The number of carbonyl (C=O) groups excluding carboxylic acids is 1. The molecule has 4 rings (SSSR count). The highest BCUT2D eigenvalue weighted by Crippen LogP contribution is 2.28. The fourth-order valence-electron chi connectivity index (χ4n) is 3.81. The predicted octanol–water partition coefficient (Wildman–Crippen LogP) is 3.60. The SMILES string of the molecule is CCOc1ccc(-c2cc(=O)n(CC(=O)N3CCCc4cc(C)ccc43)cn2)cc1. The summed E-state index contributed by atoms with van der Waals surface area (Å²) in [4.78, 5) is 31.7. The highest BCUT2D eigenvalue weighted by atomic mass is 16.5. The first-order valence-electron chi connectivity index (χ1n) is 10.2. The van der Waals surface area contributed by atoms with Crippen molar-refractivity contribution in [3.05, 3.63) is 76.3 Å². The van der Waals surface area contributed by atoms with Crippen LogP contribution in [0.2, 0.25) is 0 Å². The van der Waals surface area contributed by atoms with Gasteiger partial charge in [0.25, 0.3) is 5.56 Å². The summed E-state index contributed by atoms with van der Waals surface area (Å²) in [6, 6.07) is 15.1. The number of anilines is 1. The third-order valence-corrected chi connectivity index (χ3v) is 5.30. The molecule has 0 bridgehead atoms. The van der Waals surface area contributed by atoms with Crippen LogP contribution < -0.4 is 15.2 Å². The molecule has 30 heavy (non-hydrogen) atoms. The highest BCUT2D eigenvalue weighted by molar-refractivity contribution is 5.94. The van der Waals surface area contributed by atoms with Crippen molar-refractivity contribution < 1.29 is 9.53 Å². The Morgan fingerprint density at radius 2 is 1.93 bits per heavy atom. The molecule has 0 atom stereocenters. The summed E-state index contributed by atoms with van der Waals surface area (Å²) in [7, 11) is 0. The zero-order valence-electron chi connectivity index (χ0n) is 17.3. The van der Waals surface area contributed by atoms with Gasteiger partial charge in [-0.2, -0.15) is 0 Å². The fourth-order valence-corrected chi connectivity index (χ4v) is 3.81. The molecule has 154 valence electrons. The molecule has 6 nitrogen and oxygen atoms in total. The lowest BCUT2D eigenvalue weighted by atomic mass is 9.99. The van der Waals surface area contributed by atoms with Crippen LogP contribution in [0.15, 0.2) is 59.7 Å². The van der Waals surface area contributed by atoms with Crippen molar-refractivity contribution in [2.24, 2.45) is 0 Å². The van der Waals surface area contributed by atoms with E-state index in [4.69, 9.17) is 4.74 Å². The van der Waals surface area contributed by atoms with Crippen LogP contribution in [0.25, 0.3) is 11.3 Å². The second-order valence-corrected chi connectivity index (χ2v) is 7.48. The second-order valence-electron chi connectivity index (χ2n) is 7.48. The maximum absolute atomic E-state index is 12.9. The summed E-state index contributed by atoms with van der Waals surface area (Å²) in [5.41, 5.74) is 4.48. The zero-order valence-corrected chi connectivity index (χ0v) is 17.3. The van der Waals surface area contributed by atoms with Gasteiger partial charge in [0.15, 0.2) is 0 Å². The first-order chi connectivity index (χ1) is 14.5. The summed E-state index contributed by atoms with van der Waals surface area (Å²) in [5, 5.41) is 0. The van der Waals surface area contributed by atoms with Gasteiger partial charge in [-0.05, 0) is 62.6 Å². The van der Waals surface area contributed by atoms with Gasteiger partial charge in [0, 0.05) is 23.9 Å². The van der Waals surface area contributed by atoms with E-state index in [0.717, 1.165) is 29.8 Å². The molecular formula is C24H25N3O3. The molecule has 3 aromatic rings. The van der Waals surface area contributed by atoms with Gasteiger partial charge < -0.3 is 9.64 Å². The van der Waals surface area contributed by atoms with Gasteiger partial charge >= 0.3 is 0 Å². The van der Waals surface area contributed by atoms with Gasteiger partial charge in [0.1, 0.15) is 12.3 Å². The van der Waals surface area contributed by atoms with Gasteiger partial charge in [-0.25, -0.2) is 4.98 Å². The fraction of sp³-hybridized carbons (Fsp3) is 0.292. The number of amides is 1. The Morgan fingerprint density at radius 1 is 1.13 bits per heavy atom. The van der Waals surface area contributed by atoms with E-state index >= 15 is 0 Å². The van der Waals surface area contributed by atoms with Gasteiger partial charge in [0.05, 0.1) is 18.6 Å². The number of nitrogens with zero attached hydrogens (tertiary/aromatic N) is 3. The molecule has 0 saturated heterocycles. The minimum atomic E-state index is -0.247. The molecule has 1 aliphatic heterocycles. The Hall–Kier alpha value is -3.41. The minimum Gasteiger partial charge on any atom is -0.494 e. The van der Waals surface area contributed by atoms with Gasteiger partial charge in [0.2, 0.25) is 5.91 Å². The number of fused-ring (bicyclic) bond motifs is 1. The van der Waals surface area contributed by atoms with E-state index < -0.39 is 0 Å². The van der Waals surface area contributed by atoms with Crippen molar-refractivity contribution in [3.63, 3.8) is 0 Å². The van der Waals surface area contributed by atoms with Crippen molar-refractivity contribution in [2.45, 2.75) is 33.2 Å². The van der Waals surface area contributed by atoms with Crippen molar-refractivity contribution >= 4 is 11.6 Å². The van der Waals surface area contributed by atoms with Crippen LogP contribution in [0.5, 0.6) is 5.75 Å². The molecule has 2 aromatic carbocycles. The normalized spacial score (nSPS) is 13.1. The quantitative estimate of drug-likeness (QED) is 0.653. The number of hydrogen-bond acceptors (Lipinski definition) is 4. The monoisotopic (exact) mass is 403 g/mol. The molecule has 0 aliphatic carbocycles. The number of carbonyl (C=O) groups is 1. The zero-order chi connectivity index (χ0) is 21.1. The average molecular weight is 403 g/mol. The summed E-state index contributed by atoms with van der Waals surface area (Å²) in [6.07, 6.45) is 3.34. The van der Waals surface area contributed by atoms with Crippen LogP contribution in [-0.2, 0) is 17.8 Å². The lowest BCUT2D eigenvalue weighted by Crippen LogP contribution is -2.39. The second kappa shape index (κ2) is 8.53. The van der Waals surface area contributed by atoms with Crippen LogP contribution >= 0.6 is 0 Å². The van der Waals surface area contributed by atoms with E-state index in [0.29, 0.717) is 18.8 Å². The third kappa shape index (κ3) is 4.13. The Labute approximate surface area is 175 Å². The van der Waals surface area contributed by atoms with Crippen LogP contribution in [-0.4, -0.2) is 28.6 Å². The molecule has 0 fully saturated rings. The lowest BCUT2D eigenvalue weighted by Gasteiger charge is -2.30. The standard InChI is InChI=1S/C24H25N3O3/c1-3-30-20-9-7-18(8-10-20)21-14-23(28)26(16-25-21)15-24(29)27-12-4-5-19-13-17(2)6-11-22(19)27/h6-11,13-14,16H,3-5,12,15H2,1-2H3. The van der Waals surface area contributed by atoms with Gasteiger partial charge in [-0.15, -0.1) is 0 Å². The average Bonchev–Trinajstić information content (AvgIpc) is 2.75. The van der Waals surface area contributed by atoms with Gasteiger partial charge in [-0.1, -0.05) is 17.7 Å². The highest BCUT2D eigenvalue weighted by Gasteiger charge is 2.23. The Morgan fingerprint density at radius 3 is 2.67 bits per heavy atom. The molecular weight excluding hydrogens is 378 g/mol. The number of hydrogen-bond donors (Lipinski definition) is 0. The summed E-state index contributed by atoms with van der Waals surface area (Å²) in [5.74, 6) is 0.676. The molecule has 0 saturated carbocycles. The molecule has 0 unspecified atom stereocenters. The van der Waals surface area contributed by atoms with E-state index in [-0.39, 0.29) is 18.0 Å². The Kier molecular flexibility index (Phi) is 5.65. The van der Waals surface area contributed by atoms with E-state index in [1.54, 1.807) is 4.90 Å². The molecule has 0 N–H and O–H groups in total. The van der Waals surface area contributed by atoms with Crippen molar-refractivity contribution in [1.82, 2.24) is 9.55 Å². The van der Waals surface area contributed by atoms with E-state index in [1.807, 2.05) is 43.3 Å². The van der Waals surface area contributed by atoms with E-state index in [2.05, 4.69) is 18.0 Å². The Bertz CT molecular complexity index is 1120. The molecule has 0 spiro atoms. The lowest BCUT2D eigenvalue weighted by molar-refractivity contribution is -0.119. The summed E-state index contributed by atoms with van der Waals surface area (Å²) in [6.45, 7) is 5.23. The first-order valence-corrected chi connectivity index (χ1v) is 10.2. The van der Waals surface area contributed by atoms with Crippen molar-refractivity contribution in [3.8, 4) is 17.0 Å². The third-order valence-electron chi connectivity index (χ3n) is 5.30. The number of rotatable bonds is 5. The maximum Gasteiger partial charge on any atom is 0.254 e. The van der Waals surface area contributed by atoms with Crippen molar-refractivity contribution in [2.75, 3.05) is 18.1 Å². The summed E-state index contributed by atoms with van der Waals surface area (Å²) >= 11 is 0. The molecule has 1 aromatic heterocycles. The molecule has 6 heteroatoms. The van der Waals surface area contributed by atoms with Crippen LogP contribution in [0, 0.1) is 6.92 Å². The topological polar surface area (TPSA) is 64.4 Å². The summed E-state index contributed by atoms with van der Waals surface area (Å²) < 4.78 is 6.81. The Balaban J connectivity index is 1.52. The van der Waals surface area contributed by atoms with Crippen LogP contribution in [0.3, 0.4) is 0 Å². The largest absolute Gasteiger partial charge is 0.494 e. The first kappa shape index (κ1) is 19.9. The molecule has 1 amide bonds. The van der Waals surface area contributed by atoms with Crippen molar-refractivity contribution in [1.29, 1.82) is 0 Å². The smallest absolute Gasteiger partial charge is 0.254 e. The maximum atomic E-state index is 12.9. The number of benzene rings is 2. The number of ether oxygens (including phenoxy) is 1. The van der Waals surface area contributed by atoms with Crippen LogP contribution in [0.1, 0.15) is 24.5 Å². The minimum absolute atomic E-state index is 0.0251. The van der Waals surface area contributed by atoms with E-state index in [1.165, 1.54) is 28.1 Å².